The predicted molar refractivity (Wildman–Crippen MR) is 93.6 cm³/mol. The molecule has 0 aliphatic rings. The number of nitrogens with one attached hydrogen (secondary N) is 2. The molecule has 6 heteroatoms. The van der Waals surface area contributed by atoms with Gasteiger partial charge < -0.3 is 10.6 Å². The third-order valence-corrected chi connectivity index (χ3v) is 3.66. The average molecular weight is 343 g/mol. The summed E-state index contributed by atoms with van der Waals surface area (Å²) in [6.45, 7) is 4.79. The zero-order valence-electron chi connectivity index (χ0n) is 14.4. The fourth-order valence-corrected chi connectivity index (χ4v) is 2.18. The minimum Gasteiger partial charge on any atom is -0.352 e. The smallest absolute Gasteiger partial charge is 0.270 e. The van der Waals surface area contributed by atoms with Gasteiger partial charge in [0.2, 0.25) is 0 Å². The van der Waals surface area contributed by atoms with E-state index in [-0.39, 0.29) is 24.0 Å². The van der Waals surface area contributed by atoms with E-state index in [9.17, 15) is 14.0 Å². The molecular formula is C19H22FN3O2. The van der Waals surface area contributed by atoms with Gasteiger partial charge in [0.05, 0.1) is 0 Å². The minimum absolute atomic E-state index is 0.0536. The number of carbonyl (C=O) groups excluding carboxylic acids is 2. The molecule has 2 amide bonds. The van der Waals surface area contributed by atoms with Crippen LogP contribution in [0.2, 0.25) is 0 Å². The highest BCUT2D eigenvalue weighted by atomic mass is 19.1. The number of nitrogens with zero attached hydrogens (tertiary/aromatic N) is 1. The fraction of sp³-hybridized carbons (Fsp3) is 0.316. The van der Waals surface area contributed by atoms with Gasteiger partial charge in [0.25, 0.3) is 11.8 Å². The Morgan fingerprint density at radius 2 is 1.88 bits per heavy atom. The van der Waals surface area contributed by atoms with Gasteiger partial charge in [0.1, 0.15) is 11.5 Å². The molecular weight excluding hydrogens is 321 g/mol. The zero-order chi connectivity index (χ0) is 18.2. The molecule has 2 N–H and O–H groups in total. The van der Waals surface area contributed by atoms with Crippen molar-refractivity contribution in [1.82, 2.24) is 15.6 Å². The molecule has 0 atom stereocenters. The molecule has 1 heterocycles. The van der Waals surface area contributed by atoms with Gasteiger partial charge >= 0.3 is 0 Å². The quantitative estimate of drug-likeness (QED) is 0.812. The van der Waals surface area contributed by atoms with Crippen LogP contribution in [0, 0.1) is 11.7 Å². The number of pyridine rings is 1. The second kappa shape index (κ2) is 8.92. The average Bonchev–Trinajstić information content (AvgIpc) is 2.60. The van der Waals surface area contributed by atoms with Crippen LogP contribution in [-0.2, 0) is 6.54 Å². The number of rotatable bonds is 7. The van der Waals surface area contributed by atoms with Crippen LogP contribution in [0.15, 0.2) is 42.6 Å². The second-order valence-electron chi connectivity index (χ2n) is 6.14. The molecule has 2 rings (SSSR count). The largest absolute Gasteiger partial charge is 0.352 e. The van der Waals surface area contributed by atoms with Gasteiger partial charge in [-0.05, 0) is 30.5 Å². The van der Waals surface area contributed by atoms with Crippen LogP contribution in [0.4, 0.5) is 4.39 Å². The van der Waals surface area contributed by atoms with Crippen molar-refractivity contribution in [3.63, 3.8) is 0 Å². The zero-order valence-corrected chi connectivity index (χ0v) is 14.4. The Balaban J connectivity index is 1.96. The van der Waals surface area contributed by atoms with E-state index >= 15 is 0 Å². The Morgan fingerprint density at radius 1 is 1.12 bits per heavy atom. The lowest BCUT2D eigenvalue weighted by Crippen LogP contribution is -2.27. The highest BCUT2D eigenvalue weighted by Gasteiger charge is 2.12. The van der Waals surface area contributed by atoms with E-state index in [4.69, 9.17) is 0 Å². The molecule has 5 nitrogen and oxygen atoms in total. The predicted octanol–water partition coefficient (Wildman–Crippen LogP) is 2.93. The highest BCUT2D eigenvalue weighted by Crippen LogP contribution is 2.07. The number of halogens is 1. The molecule has 0 saturated heterocycles. The Kier molecular flexibility index (Phi) is 6.62. The lowest BCUT2D eigenvalue weighted by Gasteiger charge is -2.09. The number of hydrogen-bond donors (Lipinski definition) is 2. The molecule has 0 fully saturated rings. The topological polar surface area (TPSA) is 71.1 Å². The van der Waals surface area contributed by atoms with E-state index in [0.717, 1.165) is 6.42 Å². The standard InChI is InChI=1S/C19H22FN3O2/c1-13(2)7-9-22-18(24)14-8-10-21-17(11-14)19(25)23-12-15-5-3-4-6-16(15)20/h3-6,8,10-11,13H,7,9,12H2,1-2H3,(H,22,24)(H,23,25). The van der Waals surface area contributed by atoms with Gasteiger partial charge in [0, 0.05) is 30.4 Å². The first kappa shape index (κ1) is 18.6. The Labute approximate surface area is 146 Å². The monoisotopic (exact) mass is 343 g/mol. The fourth-order valence-electron chi connectivity index (χ4n) is 2.18. The molecule has 132 valence electrons. The van der Waals surface area contributed by atoms with Crippen molar-refractivity contribution in [1.29, 1.82) is 0 Å². The number of carbonyl (C=O) groups is 2. The highest BCUT2D eigenvalue weighted by molar-refractivity contribution is 5.98. The molecule has 0 aliphatic carbocycles. The van der Waals surface area contributed by atoms with Crippen molar-refractivity contribution in [2.24, 2.45) is 5.92 Å². The van der Waals surface area contributed by atoms with Crippen LogP contribution in [0.3, 0.4) is 0 Å². The lowest BCUT2D eigenvalue weighted by molar-refractivity contribution is 0.0945. The minimum atomic E-state index is -0.458. The summed E-state index contributed by atoms with van der Waals surface area (Å²) in [4.78, 5) is 28.3. The van der Waals surface area contributed by atoms with Gasteiger partial charge in [-0.1, -0.05) is 32.0 Å². The molecule has 1 aromatic carbocycles. The van der Waals surface area contributed by atoms with Crippen molar-refractivity contribution >= 4 is 11.8 Å². The number of aromatic nitrogens is 1. The van der Waals surface area contributed by atoms with Crippen LogP contribution >= 0.6 is 0 Å². The molecule has 1 aromatic heterocycles. The summed E-state index contributed by atoms with van der Waals surface area (Å²) in [7, 11) is 0. The van der Waals surface area contributed by atoms with Crippen LogP contribution in [0.25, 0.3) is 0 Å². The molecule has 0 bridgehead atoms. The summed E-state index contributed by atoms with van der Waals surface area (Å²) in [5.41, 5.74) is 0.876. The summed E-state index contributed by atoms with van der Waals surface area (Å²) in [5.74, 6) is -0.585. The third kappa shape index (κ3) is 5.67. The maximum absolute atomic E-state index is 13.6. The van der Waals surface area contributed by atoms with Gasteiger partial charge in [-0.3, -0.25) is 14.6 Å². The first-order valence-electron chi connectivity index (χ1n) is 8.23. The van der Waals surface area contributed by atoms with E-state index in [1.807, 2.05) is 0 Å². The lowest BCUT2D eigenvalue weighted by atomic mass is 10.1. The normalized spacial score (nSPS) is 10.6. The Hall–Kier alpha value is -2.76. The van der Waals surface area contributed by atoms with Crippen molar-refractivity contribution in [2.45, 2.75) is 26.8 Å². The molecule has 0 spiro atoms. The van der Waals surface area contributed by atoms with Gasteiger partial charge in [-0.2, -0.15) is 0 Å². The summed E-state index contributed by atoms with van der Waals surface area (Å²) < 4.78 is 13.6. The third-order valence-electron chi connectivity index (χ3n) is 3.66. The van der Waals surface area contributed by atoms with Gasteiger partial charge in [0.15, 0.2) is 0 Å². The second-order valence-corrected chi connectivity index (χ2v) is 6.14. The molecule has 2 aromatic rings. The summed E-state index contributed by atoms with van der Waals surface area (Å²) >= 11 is 0. The van der Waals surface area contributed by atoms with Gasteiger partial charge in [-0.15, -0.1) is 0 Å². The number of benzene rings is 1. The van der Waals surface area contributed by atoms with Crippen LogP contribution in [0.5, 0.6) is 0 Å². The van der Waals surface area contributed by atoms with E-state index in [2.05, 4.69) is 29.5 Å². The summed E-state index contributed by atoms with van der Waals surface area (Å²) in [6, 6.07) is 9.21. The Bertz CT molecular complexity index is 747. The van der Waals surface area contributed by atoms with E-state index < -0.39 is 5.91 Å². The molecule has 0 unspecified atom stereocenters. The molecule has 0 saturated carbocycles. The first-order chi connectivity index (χ1) is 12.0. The number of hydrogen-bond acceptors (Lipinski definition) is 3. The van der Waals surface area contributed by atoms with Gasteiger partial charge in [-0.25, -0.2) is 4.39 Å². The number of amides is 2. The van der Waals surface area contributed by atoms with Crippen molar-refractivity contribution in [2.75, 3.05) is 6.54 Å². The maximum Gasteiger partial charge on any atom is 0.270 e. The van der Waals surface area contributed by atoms with Crippen LogP contribution in [0.1, 0.15) is 46.7 Å². The van der Waals surface area contributed by atoms with Crippen LogP contribution < -0.4 is 10.6 Å². The summed E-state index contributed by atoms with van der Waals surface area (Å²) in [6.07, 6.45) is 2.29. The first-order valence-corrected chi connectivity index (χ1v) is 8.23. The van der Waals surface area contributed by atoms with E-state index in [1.165, 1.54) is 18.3 Å². The maximum atomic E-state index is 13.6. The molecule has 25 heavy (non-hydrogen) atoms. The van der Waals surface area contributed by atoms with E-state index in [1.54, 1.807) is 24.3 Å². The van der Waals surface area contributed by atoms with Crippen LogP contribution in [-0.4, -0.2) is 23.3 Å². The van der Waals surface area contributed by atoms with E-state index in [0.29, 0.717) is 23.6 Å². The molecule has 0 radical (unpaired) electrons. The molecule has 0 aliphatic heterocycles. The summed E-state index contributed by atoms with van der Waals surface area (Å²) in [5, 5.41) is 5.42. The Morgan fingerprint density at radius 3 is 2.60 bits per heavy atom. The van der Waals surface area contributed by atoms with Crippen molar-refractivity contribution < 1.29 is 14.0 Å². The van der Waals surface area contributed by atoms with Crippen molar-refractivity contribution in [3.8, 4) is 0 Å². The van der Waals surface area contributed by atoms with Crippen molar-refractivity contribution in [3.05, 3.63) is 65.2 Å². The SMILES string of the molecule is CC(C)CCNC(=O)c1ccnc(C(=O)NCc2ccccc2F)c1.